The highest BCUT2D eigenvalue weighted by Crippen LogP contribution is 2.24. The van der Waals surface area contributed by atoms with Crippen LogP contribution in [0.25, 0.3) is 11.3 Å². The smallest absolute Gasteiger partial charge is 0.310 e. The van der Waals surface area contributed by atoms with Gasteiger partial charge in [0.15, 0.2) is 11.7 Å². The van der Waals surface area contributed by atoms with E-state index in [4.69, 9.17) is 9.15 Å². The molecule has 0 saturated carbocycles. The molecule has 2 unspecified atom stereocenters. The van der Waals surface area contributed by atoms with Gasteiger partial charge in [0.1, 0.15) is 0 Å². The highest BCUT2D eigenvalue weighted by atomic mass is 16.5. The van der Waals surface area contributed by atoms with Crippen LogP contribution in [0.2, 0.25) is 0 Å². The fraction of sp³-hybridized carbons (Fsp3) is 0.421. The average Bonchev–Trinajstić information content (AvgIpc) is 3.29. The fourth-order valence-corrected chi connectivity index (χ4v) is 3.21. The number of esters is 1. The summed E-state index contributed by atoms with van der Waals surface area (Å²) in [6, 6.07) is 9.85. The SMILES string of the molecule is CN=C(NCc1ncc(-c2ccccc2)o1)N1CC(C)C(C(=O)OC)C1. The second kappa shape index (κ2) is 8.03. The third-order valence-corrected chi connectivity index (χ3v) is 4.64. The first-order chi connectivity index (χ1) is 12.6. The molecule has 7 nitrogen and oxygen atoms in total. The summed E-state index contributed by atoms with van der Waals surface area (Å²) in [5, 5.41) is 3.26. The van der Waals surface area contributed by atoms with Crippen molar-refractivity contribution in [3.05, 3.63) is 42.4 Å². The molecule has 1 fully saturated rings. The van der Waals surface area contributed by atoms with Crippen LogP contribution in [0.3, 0.4) is 0 Å². The van der Waals surface area contributed by atoms with E-state index in [1.807, 2.05) is 30.3 Å². The summed E-state index contributed by atoms with van der Waals surface area (Å²) >= 11 is 0. The van der Waals surface area contributed by atoms with Gasteiger partial charge in [0, 0.05) is 25.7 Å². The molecule has 1 aliphatic rings. The van der Waals surface area contributed by atoms with Crippen molar-refractivity contribution in [2.24, 2.45) is 16.8 Å². The van der Waals surface area contributed by atoms with Crippen LogP contribution in [-0.4, -0.2) is 49.1 Å². The zero-order valence-corrected chi connectivity index (χ0v) is 15.3. The normalized spacial score (nSPS) is 20.3. The quantitative estimate of drug-likeness (QED) is 0.514. The molecule has 0 aliphatic carbocycles. The highest BCUT2D eigenvalue weighted by Gasteiger charge is 2.36. The molecule has 1 aromatic heterocycles. The second-order valence-electron chi connectivity index (χ2n) is 6.40. The Morgan fingerprint density at radius 1 is 1.38 bits per heavy atom. The van der Waals surface area contributed by atoms with E-state index in [1.165, 1.54) is 7.11 Å². The maximum atomic E-state index is 11.9. The number of aromatic nitrogens is 1. The monoisotopic (exact) mass is 356 g/mol. The summed E-state index contributed by atoms with van der Waals surface area (Å²) in [6.07, 6.45) is 1.72. The molecule has 2 atom stereocenters. The van der Waals surface area contributed by atoms with Crippen LogP contribution in [0.4, 0.5) is 0 Å². The minimum Gasteiger partial charge on any atom is -0.469 e. The van der Waals surface area contributed by atoms with Crippen LogP contribution in [0.5, 0.6) is 0 Å². The third-order valence-electron chi connectivity index (χ3n) is 4.64. The number of hydrogen-bond donors (Lipinski definition) is 1. The molecule has 3 rings (SSSR count). The lowest BCUT2D eigenvalue weighted by atomic mass is 9.99. The summed E-state index contributed by atoms with van der Waals surface area (Å²) in [4.78, 5) is 22.6. The number of carbonyl (C=O) groups excluding carboxylic acids is 1. The van der Waals surface area contributed by atoms with Crippen molar-refractivity contribution in [1.29, 1.82) is 0 Å². The number of ether oxygens (including phenoxy) is 1. The molecular weight excluding hydrogens is 332 g/mol. The van der Waals surface area contributed by atoms with Gasteiger partial charge in [0.25, 0.3) is 0 Å². The molecule has 26 heavy (non-hydrogen) atoms. The van der Waals surface area contributed by atoms with Gasteiger partial charge in [-0.3, -0.25) is 9.79 Å². The lowest BCUT2D eigenvalue weighted by Crippen LogP contribution is -2.40. The second-order valence-corrected chi connectivity index (χ2v) is 6.40. The molecular formula is C19H24N4O3. The summed E-state index contributed by atoms with van der Waals surface area (Å²) in [6.45, 7) is 3.82. The Labute approximate surface area is 153 Å². The number of hydrogen-bond acceptors (Lipinski definition) is 5. The van der Waals surface area contributed by atoms with Crippen LogP contribution in [0.15, 0.2) is 45.9 Å². The van der Waals surface area contributed by atoms with Gasteiger partial charge in [-0.05, 0) is 5.92 Å². The Bertz CT molecular complexity index is 772. The minimum atomic E-state index is -0.171. The number of methoxy groups -OCH3 is 1. The molecule has 1 saturated heterocycles. The first kappa shape index (κ1) is 18.0. The summed E-state index contributed by atoms with van der Waals surface area (Å²) < 4.78 is 10.7. The zero-order valence-electron chi connectivity index (χ0n) is 15.3. The molecule has 2 aromatic rings. The summed E-state index contributed by atoms with van der Waals surface area (Å²) in [5.41, 5.74) is 0.991. The van der Waals surface area contributed by atoms with E-state index in [1.54, 1.807) is 13.2 Å². The van der Waals surface area contributed by atoms with E-state index >= 15 is 0 Å². The third kappa shape index (κ3) is 3.87. The molecule has 1 aromatic carbocycles. The molecule has 1 aliphatic heterocycles. The maximum Gasteiger partial charge on any atom is 0.310 e. The summed E-state index contributed by atoms with van der Waals surface area (Å²) in [5.74, 6) is 1.95. The number of carbonyl (C=O) groups is 1. The number of likely N-dealkylation sites (tertiary alicyclic amines) is 1. The number of guanidine groups is 1. The van der Waals surface area contributed by atoms with Crippen molar-refractivity contribution in [1.82, 2.24) is 15.2 Å². The maximum absolute atomic E-state index is 11.9. The van der Waals surface area contributed by atoms with Gasteiger partial charge in [-0.25, -0.2) is 4.98 Å². The molecule has 2 heterocycles. The lowest BCUT2D eigenvalue weighted by Gasteiger charge is -2.20. The molecule has 0 amide bonds. The van der Waals surface area contributed by atoms with E-state index in [-0.39, 0.29) is 17.8 Å². The zero-order chi connectivity index (χ0) is 18.5. The Morgan fingerprint density at radius 3 is 2.85 bits per heavy atom. The Kier molecular flexibility index (Phi) is 5.55. The van der Waals surface area contributed by atoms with Crippen LogP contribution >= 0.6 is 0 Å². The Morgan fingerprint density at radius 2 is 2.15 bits per heavy atom. The molecule has 0 bridgehead atoms. The summed E-state index contributed by atoms with van der Waals surface area (Å²) in [7, 11) is 3.15. The minimum absolute atomic E-state index is 0.134. The molecule has 1 N–H and O–H groups in total. The van der Waals surface area contributed by atoms with Gasteiger partial charge in [-0.1, -0.05) is 37.3 Å². The first-order valence-electron chi connectivity index (χ1n) is 8.66. The van der Waals surface area contributed by atoms with Crippen molar-refractivity contribution in [2.75, 3.05) is 27.2 Å². The van der Waals surface area contributed by atoms with Gasteiger partial charge in [0.2, 0.25) is 5.89 Å². The van der Waals surface area contributed by atoms with Crippen molar-refractivity contribution in [3.8, 4) is 11.3 Å². The predicted molar refractivity (Wildman–Crippen MR) is 98.4 cm³/mol. The molecule has 7 heteroatoms. The van der Waals surface area contributed by atoms with E-state index in [2.05, 4.69) is 27.1 Å². The van der Waals surface area contributed by atoms with Crippen molar-refractivity contribution in [3.63, 3.8) is 0 Å². The van der Waals surface area contributed by atoms with Crippen molar-refractivity contribution in [2.45, 2.75) is 13.5 Å². The fourth-order valence-electron chi connectivity index (χ4n) is 3.21. The average molecular weight is 356 g/mol. The molecule has 138 valence electrons. The number of aliphatic imine (C=N–C) groups is 1. The van der Waals surface area contributed by atoms with E-state index in [0.29, 0.717) is 19.0 Å². The van der Waals surface area contributed by atoms with Gasteiger partial charge < -0.3 is 19.4 Å². The van der Waals surface area contributed by atoms with Gasteiger partial charge in [-0.15, -0.1) is 0 Å². The van der Waals surface area contributed by atoms with Crippen molar-refractivity contribution < 1.29 is 13.9 Å². The van der Waals surface area contributed by atoms with Crippen LogP contribution in [0, 0.1) is 11.8 Å². The number of oxazole rings is 1. The number of nitrogens with one attached hydrogen (secondary N) is 1. The highest BCUT2D eigenvalue weighted by molar-refractivity contribution is 5.82. The van der Waals surface area contributed by atoms with Crippen LogP contribution in [-0.2, 0) is 16.1 Å². The Hall–Kier alpha value is -2.83. The van der Waals surface area contributed by atoms with Crippen molar-refractivity contribution >= 4 is 11.9 Å². The van der Waals surface area contributed by atoms with Gasteiger partial charge >= 0.3 is 5.97 Å². The van der Waals surface area contributed by atoms with Crippen LogP contribution < -0.4 is 5.32 Å². The standard InChI is InChI=1S/C19H24N4O3/c1-13-11-23(12-15(13)18(24)25-3)19(20-2)22-10-17-21-9-16(26-17)14-7-5-4-6-8-14/h4-9,13,15H,10-12H2,1-3H3,(H,20,22). The van der Waals surface area contributed by atoms with E-state index in [0.717, 1.165) is 23.8 Å². The van der Waals surface area contributed by atoms with E-state index in [9.17, 15) is 4.79 Å². The first-order valence-corrected chi connectivity index (χ1v) is 8.66. The topological polar surface area (TPSA) is 80.0 Å². The predicted octanol–water partition coefficient (Wildman–Crippen LogP) is 2.16. The lowest BCUT2D eigenvalue weighted by molar-refractivity contribution is -0.145. The number of nitrogens with zero attached hydrogens (tertiary/aromatic N) is 3. The number of rotatable bonds is 4. The van der Waals surface area contributed by atoms with Crippen LogP contribution in [0.1, 0.15) is 12.8 Å². The Balaban J connectivity index is 1.60. The van der Waals surface area contributed by atoms with Gasteiger partial charge in [0.05, 0.1) is 25.8 Å². The molecule has 0 radical (unpaired) electrons. The number of benzene rings is 1. The van der Waals surface area contributed by atoms with E-state index < -0.39 is 0 Å². The van der Waals surface area contributed by atoms with Gasteiger partial charge in [-0.2, -0.15) is 0 Å². The largest absolute Gasteiger partial charge is 0.469 e. The molecule has 0 spiro atoms.